The molecule has 0 saturated carbocycles. The van der Waals surface area contributed by atoms with Gasteiger partial charge in [-0.1, -0.05) is 0 Å². The molecule has 4 heteroatoms. The molecule has 16 heavy (non-hydrogen) atoms. The second-order valence-corrected chi connectivity index (χ2v) is 4.39. The average Bonchev–Trinajstić information content (AvgIpc) is 2.43. The summed E-state index contributed by atoms with van der Waals surface area (Å²) in [5, 5.41) is 0. The average molecular weight is 221 g/mol. The van der Waals surface area contributed by atoms with Crippen molar-refractivity contribution in [1.29, 1.82) is 0 Å². The van der Waals surface area contributed by atoms with E-state index >= 15 is 0 Å². The van der Waals surface area contributed by atoms with E-state index in [1.54, 1.807) is 6.20 Å². The molecule has 0 radical (unpaired) electrons. The molecule has 2 rings (SSSR count). The first-order valence-corrected chi connectivity index (χ1v) is 5.75. The van der Waals surface area contributed by atoms with E-state index in [1.807, 2.05) is 6.07 Å². The molecule has 88 valence electrons. The molecule has 1 unspecified atom stereocenters. The Labute approximate surface area is 96.4 Å². The molecule has 0 aromatic carbocycles. The van der Waals surface area contributed by atoms with Crippen LogP contribution in [0, 0.1) is 6.92 Å². The molecule has 2 N–H and O–H groups in total. The van der Waals surface area contributed by atoms with Crippen molar-refractivity contribution in [3.8, 4) is 0 Å². The molecular formula is C12H19N3O. The largest absolute Gasteiger partial charge is 0.397 e. The fourth-order valence-corrected chi connectivity index (χ4v) is 2.11. The van der Waals surface area contributed by atoms with Gasteiger partial charge in [-0.3, -0.25) is 0 Å². The van der Waals surface area contributed by atoms with Gasteiger partial charge in [0.15, 0.2) is 0 Å². The van der Waals surface area contributed by atoms with Gasteiger partial charge >= 0.3 is 0 Å². The molecule has 0 bridgehead atoms. The van der Waals surface area contributed by atoms with E-state index in [1.165, 1.54) is 0 Å². The van der Waals surface area contributed by atoms with Gasteiger partial charge in [-0.15, -0.1) is 0 Å². The molecule has 4 nitrogen and oxygen atoms in total. The molecule has 1 aliphatic heterocycles. The Bertz CT molecular complexity index is 367. The zero-order valence-corrected chi connectivity index (χ0v) is 9.94. The van der Waals surface area contributed by atoms with Crippen LogP contribution < -0.4 is 10.6 Å². The third-order valence-electron chi connectivity index (χ3n) is 2.82. The van der Waals surface area contributed by atoms with Crippen molar-refractivity contribution in [3.05, 3.63) is 17.8 Å². The third-order valence-corrected chi connectivity index (χ3v) is 2.82. The molecule has 1 saturated heterocycles. The zero-order valence-electron chi connectivity index (χ0n) is 9.94. The molecule has 0 amide bonds. The Kier molecular flexibility index (Phi) is 3.29. The van der Waals surface area contributed by atoms with E-state index in [0.29, 0.717) is 0 Å². The van der Waals surface area contributed by atoms with Crippen molar-refractivity contribution < 1.29 is 4.74 Å². The lowest BCUT2D eigenvalue weighted by atomic mass is 10.2. The Balaban J connectivity index is 2.21. The van der Waals surface area contributed by atoms with Gasteiger partial charge in [0.25, 0.3) is 0 Å². The van der Waals surface area contributed by atoms with Crippen molar-refractivity contribution >= 4 is 11.5 Å². The van der Waals surface area contributed by atoms with Crippen LogP contribution in [0.1, 0.15) is 18.9 Å². The second-order valence-electron chi connectivity index (χ2n) is 4.39. The normalized spacial score (nSPS) is 21.9. The number of rotatable bonds is 1. The van der Waals surface area contributed by atoms with E-state index in [9.17, 15) is 0 Å². The standard InChI is InChI=1S/C12H19N3O/c1-9-6-11(13)7-14-12(9)15-4-3-5-16-10(2)8-15/h6-7,10H,3-5,8,13H2,1-2H3. The molecule has 1 atom stereocenters. The number of aryl methyl sites for hydroxylation is 1. The minimum Gasteiger partial charge on any atom is -0.397 e. The molecule has 0 spiro atoms. The van der Waals surface area contributed by atoms with E-state index in [-0.39, 0.29) is 6.10 Å². The summed E-state index contributed by atoms with van der Waals surface area (Å²) in [6, 6.07) is 1.97. The van der Waals surface area contributed by atoms with Crippen molar-refractivity contribution in [3.63, 3.8) is 0 Å². The third kappa shape index (κ3) is 2.44. The fraction of sp³-hybridized carbons (Fsp3) is 0.583. The van der Waals surface area contributed by atoms with Crippen molar-refractivity contribution in [2.75, 3.05) is 30.3 Å². The summed E-state index contributed by atoms with van der Waals surface area (Å²) in [4.78, 5) is 6.71. The number of nitrogens with two attached hydrogens (primary N) is 1. The maximum Gasteiger partial charge on any atom is 0.131 e. The van der Waals surface area contributed by atoms with Crippen LogP contribution in [-0.4, -0.2) is 30.8 Å². The lowest BCUT2D eigenvalue weighted by Gasteiger charge is -2.24. The first kappa shape index (κ1) is 11.2. The van der Waals surface area contributed by atoms with Crippen LogP contribution in [0.4, 0.5) is 11.5 Å². The van der Waals surface area contributed by atoms with Crippen LogP contribution in [0.3, 0.4) is 0 Å². The fourth-order valence-electron chi connectivity index (χ4n) is 2.11. The summed E-state index contributed by atoms with van der Waals surface area (Å²) >= 11 is 0. The highest BCUT2D eigenvalue weighted by Crippen LogP contribution is 2.21. The lowest BCUT2D eigenvalue weighted by Crippen LogP contribution is -2.31. The second kappa shape index (κ2) is 4.70. The minimum absolute atomic E-state index is 0.265. The summed E-state index contributed by atoms with van der Waals surface area (Å²) in [5.74, 6) is 1.03. The molecule has 1 aliphatic rings. The van der Waals surface area contributed by atoms with Gasteiger partial charge in [-0.05, 0) is 31.9 Å². The van der Waals surface area contributed by atoms with Crippen molar-refractivity contribution in [1.82, 2.24) is 4.98 Å². The SMILES string of the molecule is Cc1cc(N)cnc1N1CCCOC(C)C1. The number of nitrogen functional groups attached to an aromatic ring is 1. The molecule has 1 fully saturated rings. The number of aromatic nitrogens is 1. The van der Waals surface area contributed by atoms with E-state index < -0.39 is 0 Å². The number of hydrogen-bond donors (Lipinski definition) is 1. The number of nitrogens with zero attached hydrogens (tertiary/aromatic N) is 2. The monoisotopic (exact) mass is 221 g/mol. The minimum atomic E-state index is 0.265. The van der Waals surface area contributed by atoms with Gasteiger partial charge in [-0.25, -0.2) is 4.98 Å². The van der Waals surface area contributed by atoms with Gasteiger partial charge in [0, 0.05) is 19.7 Å². The summed E-state index contributed by atoms with van der Waals surface area (Å²) in [6.07, 6.45) is 3.04. The van der Waals surface area contributed by atoms with Gasteiger partial charge < -0.3 is 15.4 Å². The van der Waals surface area contributed by atoms with E-state index in [0.717, 1.165) is 43.2 Å². The van der Waals surface area contributed by atoms with Crippen molar-refractivity contribution in [2.45, 2.75) is 26.4 Å². The van der Waals surface area contributed by atoms with Gasteiger partial charge in [-0.2, -0.15) is 0 Å². The van der Waals surface area contributed by atoms with Crippen LogP contribution in [-0.2, 0) is 4.74 Å². The number of pyridine rings is 1. The number of hydrogen-bond acceptors (Lipinski definition) is 4. The Morgan fingerprint density at radius 1 is 1.56 bits per heavy atom. The maximum atomic E-state index is 5.71. The van der Waals surface area contributed by atoms with Crippen LogP contribution in [0.15, 0.2) is 12.3 Å². The van der Waals surface area contributed by atoms with Crippen LogP contribution in [0.5, 0.6) is 0 Å². The van der Waals surface area contributed by atoms with Gasteiger partial charge in [0.1, 0.15) is 5.82 Å². The summed E-state index contributed by atoms with van der Waals surface area (Å²) in [6.45, 7) is 6.89. The van der Waals surface area contributed by atoms with Gasteiger partial charge in [0.05, 0.1) is 18.0 Å². The highest BCUT2D eigenvalue weighted by Gasteiger charge is 2.17. The number of anilines is 2. The summed E-state index contributed by atoms with van der Waals surface area (Å²) in [5.41, 5.74) is 7.57. The molecule has 1 aromatic rings. The smallest absolute Gasteiger partial charge is 0.131 e. The molecular weight excluding hydrogens is 202 g/mol. The van der Waals surface area contributed by atoms with Crippen LogP contribution >= 0.6 is 0 Å². The zero-order chi connectivity index (χ0) is 11.5. The predicted molar refractivity (Wildman–Crippen MR) is 65.6 cm³/mol. The summed E-state index contributed by atoms with van der Waals surface area (Å²) in [7, 11) is 0. The topological polar surface area (TPSA) is 51.4 Å². The molecule has 1 aromatic heterocycles. The first-order valence-electron chi connectivity index (χ1n) is 5.75. The van der Waals surface area contributed by atoms with Crippen LogP contribution in [0.25, 0.3) is 0 Å². The maximum absolute atomic E-state index is 5.71. The molecule has 2 heterocycles. The highest BCUT2D eigenvalue weighted by molar-refractivity contribution is 5.52. The quantitative estimate of drug-likeness (QED) is 0.782. The van der Waals surface area contributed by atoms with Crippen molar-refractivity contribution in [2.24, 2.45) is 0 Å². The predicted octanol–water partition coefficient (Wildman–Crippen LogP) is 1.59. The Morgan fingerprint density at radius 2 is 2.38 bits per heavy atom. The number of ether oxygens (including phenoxy) is 1. The van der Waals surface area contributed by atoms with Gasteiger partial charge in [0.2, 0.25) is 0 Å². The lowest BCUT2D eigenvalue weighted by molar-refractivity contribution is 0.0820. The van der Waals surface area contributed by atoms with Crippen LogP contribution in [0.2, 0.25) is 0 Å². The van der Waals surface area contributed by atoms with E-state index in [2.05, 4.69) is 23.7 Å². The first-order chi connectivity index (χ1) is 7.66. The Morgan fingerprint density at radius 3 is 3.12 bits per heavy atom. The van der Waals surface area contributed by atoms with E-state index in [4.69, 9.17) is 10.5 Å². The highest BCUT2D eigenvalue weighted by atomic mass is 16.5. The Hall–Kier alpha value is -1.29. The molecule has 0 aliphatic carbocycles. The summed E-state index contributed by atoms with van der Waals surface area (Å²) < 4.78 is 5.62.